The third-order valence-electron chi connectivity index (χ3n) is 6.24. The maximum atomic E-state index is 6.02. The number of ether oxygens (including phenoxy) is 2. The van der Waals surface area contributed by atoms with Gasteiger partial charge in [-0.3, -0.25) is 4.90 Å². The topological polar surface area (TPSA) is 63.5 Å². The molecular formula is C25H27N3O3. The molecular weight excluding hydrogens is 390 g/mol. The van der Waals surface area contributed by atoms with Crippen LogP contribution in [-0.2, 0) is 6.54 Å². The first-order chi connectivity index (χ1) is 15.2. The number of hydrogen-bond acceptors (Lipinski definition) is 5. The highest BCUT2D eigenvalue weighted by Crippen LogP contribution is 2.35. The minimum absolute atomic E-state index is 0.552. The number of oxazole rings is 1. The molecule has 0 bridgehead atoms. The van der Waals surface area contributed by atoms with Gasteiger partial charge in [-0.25, -0.2) is 4.98 Å². The average molecular weight is 418 g/mol. The summed E-state index contributed by atoms with van der Waals surface area (Å²) in [6, 6.07) is 14.1. The second-order valence-corrected chi connectivity index (χ2v) is 8.05. The van der Waals surface area contributed by atoms with E-state index in [4.69, 9.17) is 13.9 Å². The van der Waals surface area contributed by atoms with Crippen molar-refractivity contribution in [2.45, 2.75) is 25.3 Å². The lowest BCUT2D eigenvalue weighted by Gasteiger charge is -2.31. The van der Waals surface area contributed by atoms with Crippen molar-refractivity contribution in [2.75, 3.05) is 27.3 Å². The molecule has 1 aliphatic rings. The maximum Gasteiger partial charge on any atom is 0.209 e. The molecule has 6 heteroatoms. The Morgan fingerprint density at radius 2 is 1.77 bits per heavy atom. The number of rotatable bonds is 6. The second-order valence-electron chi connectivity index (χ2n) is 8.05. The SMILES string of the molecule is COc1ccc(-c2cnc(CN3CCC(c4c[nH]c5ccc(OC)cc45)CC3)o2)cc1. The Balaban J connectivity index is 1.22. The molecule has 0 saturated carbocycles. The van der Waals surface area contributed by atoms with Gasteiger partial charge in [-0.2, -0.15) is 0 Å². The third-order valence-corrected chi connectivity index (χ3v) is 6.24. The van der Waals surface area contributed by atoms with Gasteiger partial charge in [0, 0.05) is 22.7 Å². The van der Waals surface area contributed by atoms with E-state index in [2.05, 4.69) is 33.2 Å². The monoisotopic (exact) mass is 417 g/mol. The number of nitrogens with zero attached hydrogens (tertiary/aromatic N) is 2. The normalized spacial score (nSPS) is 15.4. The fourth-order valence-electron chi connectivity index (χ4n) is 4.45. The van der Waals surface area contributed by atoms with Crippen molar-refractivity contribution in [3.63, 3.8) is 0 Å². The molecule has 0 spiro atoms. The van der Waals surface area contributed by atoms with Gasteiger partial charge in [-0.05, 0) is 79.9 Å². The van der Waals surface area contributed by atoms with E-state index in [0.717, 1.165) is 61.2 Å². The molecule has 1 saturated heterocycles. The van der Waals surface area contributed by atoms with Crippen LogP contribution in [0, 0.1) is 0 Å². The summed E-state index contributed by atoms with van der Waals surface area (Å²) in [4.78, 5) is 10.3. The number of hydrogen-bond donors (Lipinski definition) is 1. The highest BCUT2D eigenvalue weighted by molar-refractivity contribution is 5.85. The molecule has 31 heavy (non-hydrogen) atoms. The summed E-state index contributed by atoms with van der Waals surface area (Å²) in [5.74, 6) is 3.85. The summed E-state index contributed by atoms with van der Waals surface area (Å²) in [6.07, 6.45) is 6.22. The largest absolute Gasteiger partial charge is 0.497 e. The van der Waals surface area contributed by atoms with Crippen LogP contribution < -0.4 is 9.47 Å². The van der Waals surface area contributed by atoms with Gasteiger partial charge in [0.1, 0.15) is 11.5 Å². The summed E-state index contributed by atoms with van der Waals surface area (Å²) < 4.78 is 16.7. The van der Waals surface area contributed by atoms with Crippen LogP contribution in [0.1, 0.15) is 30.2 Å². The van der Waals surface area contributed by atoms with Crippen LogP contribution in [0.5, 0.6) is 11.5 Å². The first-order valence-electron chi connectivity index (χ1n) is 10.7. The lowest BCUT2D eigenvalue weighted by Crippen LogP contribution is -2.32. The smallest absolute Gasteiger partial charge is 0.209 e. The van der Waals surface area contributed by atoms with Gasteiger partial charge in [-0.1, -0.05) is 0 Å². The predicted molar refractivity (Wildman–Crippen MR) is 121 cm³/mol. The molecule has 4 aromatic rings. The predicted octanol–water partition coefficient (Wildman–Crippen LogP) is 5.22. The Bertz CT molecular complexity index is 1150. The van der Waals surface area contributed by atoms with Gasteiger partial charge in [0.05, 0.1) is 27.0 Å². The van der Waals surface area contributed by atoms with Crippen molar-refractivity contribution < 1.29 is 13.9 Å². The number of H-pyrrole nitrogens is 1. The van der Waals surface area contributed by atoms with E-state index in [-0.39, 0.29) is 0 Å². The lowest BCUT2D eigenvalue weighted by atomic mass is 9.89. The van der Waals surface area contributed by atoms with Gasteiger partial charge >= 0.3 is 0 Å². The molecule has 1 aliphatic heterocycles. The van der Waals surface area contributed by atoms with Crippen molar-refractivity contribution in [2.24, 2.45) is 0 Å². The van der Waals surface area contributed by atoms with Crippen LogP contribution >= 0.6 is 0 Å². The van der Waals surface area contributed by atoms with Gasteiger partial charge in [0.25, 0.3) is 0 Å². The van der Waals surface area contributed by atoms with Crippen molar-refractivity contribution in [1.82, 2.24) is 14.9 Å². The Morgan fingerprint density at radius 1 is 1.03 bits per heavy atom. The molecule has 0 atom stereocenters. The van der Waals surface area contributed by atoms with Gasteiger partial charge in [0.2, 0.25) is 5.89 Å². The Kier molecular flexibility index (Phi) is 5.38. The summed E-state index contributed by atoms with van der Waals surface area (Å²) >= 11 is 0. The Hall–Kier alpha value is -3.25. The standard InChI is InChI=1S/C25H27N3O3/c1-29-19-5-3-18(4-6-19)24-15-27-25(31-24)16-28-11-9-17(10-12-28)22-14-26-23-8-7-20(30-2)13-21(22)23/h3-8,13-15,17,26H,9-12,16H2,1-2H3. The molecule has 160 valence electrons. The number of methoxy groups -OCH3 is 2. The van der Waals surface area contributed by atoms with Crippen LogP contribution in [-0.4, -0.2) is 42.2 Å². The quantitative estimate of drug-likeness (QED) is 0.466. The molecule has 1 N–H and O–H groups in total. The van der Waals surface area contributed by atoms with E-state index in [9.17, 15) is 0 Å². The number of likely N-dealkylation sites (tertiary alicyclic amines) is 1. The molecule has 1 fully saturated rings. The van der Waals surface area contributed by atoms with Gasteiger partial charge in [0.15, 0.2) is 5.76 Å². The molecule has 2 aromatic heterocycles. The number of fused-ring (bicyclic) bond motifs is 1. The highest BCUT2D eigenvalue weighted by Gasteiger charge is 2.24. The fourth-order valence-corrected chi connectivity index (χ4v) is 4.45. The van der Waals surface area contributed by atoms with E-state index in [1.54, 1.807) is 14.2 Å². The number of nitrogens with one attached hydrogen (secondary N) is 1. The zero-order valence-electron chi connectivity index (χ0n) is 17.9. The van der Waals surface area contributed by atoms with Crippen molar-refractivity contribution in [3.8, 4) is 22.8 Å². The third kappa shape index (κ3) is 4.03. The minimum Gasteiger partial charge on any atom is -0.497 e. The van der Waals surface area contributed by atoms with Crippen LogP contribution in [0.15, 0.2) is 59.3 Å². The number of benzene rings is 2. The first kappa shape index (κ1) is 19.7. The van der Waals surface area contributed by atoms with Crippen LogP contribution in [0.3, 0.4) is 0 Å². The van der Waals surface area contributed by atoms with E-state index in [1.807, 2.05) is 36.5 Å². The van der Waals surface area contributed by atoms with E-state index < -0.39 is 0 Å². The maximum absolute atomic E-state index is 6.02. The Labute approximate surface area is 181 Å². The molecule has 3 heterocycles. The van der Waals surface area contributed by atoms with E-state index in [1.165, 1.54) is 16.5 Å². The van der Waals surface area contributed by atoms with Gasteiger partial charge < -0.3 is 18.9 Å². The zero-order valence-corrected chi connectivity index (χ0v) is 17.9. The van der Waals surface area contributed by atoms with Crippen LogP contribution in [0.4, 0.5) is 0 Å². The lowest BCUT2D eigenvalue weighted by molar-refractivity contribution is 0.188. The molecule has 2 aromatic carbocycles. The van der Waals surface area contributed by atoms with Crippen molar-refractivity contribution >= 4 is 10.9 Å². The molecule has 6 nitrogen and oxygen atoms in total. The fraction of sp³-hybridized carbons (Fsp3) is 0.320. The summed E-state index contributed by atoms with van der Waals surface area (Å²) in [7, 11) is 3.38. The Morgan fingerprint density at radius 3 is 2.52 bits per heavy atom. The molecule has 0 amide bonds. The van der Waals surface area contributed by atoms with Crippen LogP contribution in [0.25, 0.3) is 22.2 Å². The van der Waals surface area contributed by atoms with E-state index in [0.29, 0.717) is 5.92 Å². The van der Waals surface area contributed by atoms with Crippen molar-refractivity contribution in [3.05, 3.63) is 66.3 Å². The summed E-state index contributed by atoms with van der Waals surface area (Å²) in [5, 5.41) is 1.27. The first-order valence-corrected chi connectivity index (χ1v) is 10.7. The van der Waals surface area contributed by atoms with Crippen LogP contribution in [0.2, 0.25) is 0 Å². The minimum atomic E-state index is 0.552. The average Bonchev–Trinajstić information content (AvgIpc) is 3.46. The summed E-state index contributed by atoms with van der Waals surface area (Å²) in [6.45, 7) is 2.80. The number of aromatic nitrogens is 2. The zero-order chi connectivity index (χ0) is 21.2. The molecule has 0 aliphatic carbocycles. The molecule has 0 radical (unpaired) electrons. The second kappa shape index (κ2) is 8.47. The summed E-state index contributed by atoms with van der Waals surface area (Å²) in [5.41, 5.74) is 3.57. The molecule has 5 rings (SSSR count). The van der Waals surface area contributed by atoms with Gasteiger partial charge in [-0.15, -0.1) is 0 Å². The van der Waals surface area contributed by atoms with E-state index >= 15 is 0 Å². The highest BCUT2D eigenvalue weighted by atomic mass is 16.5. The number of aromatic amines is 1. The van der Waals surface area contributed by atoms with Crippen molar-refractivity contribution in [1.29, 1.82) is 0 Å². The number of piperidine rings is 1. The molecule has 0 unspecified atom stereocenters.